The molecule has 0 atom stereocenters. The maximum absolute atomic E-state index is 13.0. The predicted molar refractivity (Wildman–Crippen MR) is 103 cm³/mol. The van der Waals surface area contributed by atoms with E-state index in [2.05, 4.69) is 15.0 Å². The summed E-state index contributed by atoms with van der Waals surface area (Å²) in [5.41, 5.74) is 3.20. The zero-order valence-corrected chi connectivity index (χ0v) is 15.6. The summed E-state index contributed by atoms with van der Waals surface area (Å²) in [5, 5.41) is 0.968. The zero-order chi connectivity index (χ0) is 19.5. The van der Waals surface area contributed by atoms with E-state index in [9.17, 15) is 9.59 Å². The van der Waals surface area contributed by atoms with Crippen LogP contribution in [0.25, 0.3) is 22.3 Å². The van der Waals surface area contributed by atoms with Gasteiger partial charge in [-0.3, -0.25) is 9.78 Å². The SMILES string of the molecule is CCOC(=O)N1CCN(C(=O)c2cccc(-c3nc[nH+]c4[nH]ccc34)c2)CC1. The van der Waals surface area contributed by atoms with Crippen LogP contribution in [0.3, 0.4) is 0 Å². The number of carbonyl (C=O) groups is 2. The van der Waals surface area contributed by atoms with Gasteiger partial charge in [-0.15, -0.1) is 4.98 Å². The number of carbonyl (C=O) groups excluding carboxylic acids is 2. The summed E-state index contributed by atoms with van der Waals surface area (Å²) in [5.74, 6) is -0.0434. The number of nitrogens with zero attached hydrogens (tertiary/aromatic N) is 3. The molecule has 1 aliphatic heterocycles. The minimum absolute atomic E-state index is 0.0434. The molecule has 2 amide bonds. The quantitative estimate of drug-likeness (QED) is 0.752. The van der Waals surface area contributed by atoms with Crippen LogP contribution in [0.4, 0.5) is 4.79 Å². The Labute approximate surface area is 162 Å². The number of piperazine rings is 1. The van der Waals surface area contributed by atoms with Crippen molar-refractivity contribution in [3.63, 3.8) is 0 Å². The average molecular weight is 380 g/mol. The van der Waals surface area contributed by atoms with Crippen molar-refractivity contribution in [2.24, 2.45) is 0 Å². The highest BCUT2D eigenvalue weighted by atomic mass is 16.6. The van der Waals surface area contributed by atoms with Gasteiger partial charge in [0.2, 0.25) is 12.0 Å². The molecule has 2 N–H and O–H groups in total. The molecule has 2 aromatic heterocycles. The largest absolute Gasteiger partial charge is 0.450 e. The van der Waals surface area contributed by atoms with Crippen LogP contribution in [0.15, 0.2) is 42.9 Å². The van der Waals surface area contributed by atoms with E-state index in [1.807, 2.05) is 36.5 Å². The van der Waals surface area contributed by atoms with Crippen molar-refractivity contribution in [3.05, 3.63) is 48.4 Å². The number of ether oxygens (including phenoxy) is 1. The number of aromatic nitrogens is 3. The number of benzene rings is 1. The molecule has 1 fully saturated rings. The lowest BCUT2D eigenvalue weighted by Gasteiger charge is -2.34. The van der Waals surface area contributed by atoms with Crippen LogP contribution in [0, 0.1) is 0 Å². The predicted octanol–water partition coefficient (Wildman–Crippen LogP) is 1.96. The number of aromatic amines is 2. The van der Waals surface area contributed by atoms with Gasteiger partial charge in [0.25, 0.3) is 5.91 Å². The Morgan fingerprint density at radius 2 is 1.96 bits per heavy atom. The van der Waals surface area contributed by atoms with Gasteiger partial charge in [-0.2, -0.15) is 0 Å². The van der Waals surface area contributed by atoms with Gasteiger partial charge in [0.05, 0.1) is 18.2 Å². The topological polar surface area (TPSA) is 92.7 Å². The van der Waals surface area contributed by atoms with Crippen LogP contribution in [-0.4, -0.2) is 64.6 Å². The first-order valence-corrected chi connectivity index (χ1v) is 9.32. The molecule has 0 unspecified atom stereocenters. The lowest BCUT2D eigenvalue weighted by molar-refractivity contribution is -0.352. The zero-order valence-electron chi connectivity index (χ0n) is 15.6. The normalized spacial score (nSPS) is 14.3. The molecule has 144 valence electrons. The van der Waals surface area contributed by atoms with Gasteiger partial charge in [-0.1, -0.05) is 12.1 Å². The van der Waals surface area contributed by atoms with Crippen molar-refractivity contribution in [1.29, 1.82) is 0 Å². The number of fused-ring (bicyclic) bond motifs is 1. The lowest BCUT2D eigenvalue weighted by Crippen LogP contribution is -2.50. The second-order valence-corrected chi connectivity index (χ2v) is 6.58. The fraction of sp³-hybridized carbons (Fsp3) is 0.300. The first-order chi connectivity index (χ1) is 13.7. The molecule has 8 heteroatoms. The van der Waals surface area contributed by atoms with E-state index in [0.717, 1.165) is 22.3 Å². The van der Waals surface area contributed by atoms with Gasteiger partial charge in [-0.05, 0) is 25.1 Å². The molecule has 1 saturated heterocycles. The molecule has 1 aromatic carbocycles. The minimum Gasteiger partial charge on any atom is -0.450 e. The molecule has 0 aliphatic carbocycles. The Morgan fingerprint density at radius 1 is 1.18 bits per heavy atom. The average Bonchev–Trinajstić information content (AvgIpc) is 3.22. The summed E-state index contributed by atoms with van der Waals surface area (Å²) in [7, 11) is 0. The molecule has 0 spiro atoms. The highest BCUT2D eigenvalue weighted by Gasteiger charge is 2.26. The number of nitrogens with one attached hydrogen (secondary N) is 2. The van der Waals surface area contributed by atoms with E-state index in [1.165, 1.54) is 0 Å². The minimum atomic E-state index is -0.320. The molecular weight excluding hydrogens is 358 g/mol. The third kappa shape index (κ3) is 3.40. The Hall–Kier alpha value is -3.42. The summed E-state index contributed by atoms with van der Waals surface area (Å²) in [4.78, 5) is 38.8. The van der Waals surface area contributed by atoms with Crippen molar-refractivity contribution >= 4 is 23.0 Å². The van der Waals surface area contributed by atoms with Crippen molar-refractivity contribution < 1.29 is 19.3 Å². The summed E-state index contributed by atoms with van der Waals surface area (Å²) >= 11 is 0. The van der Waals surface area contributed by atoms with Crippen LogP contribution < -0.4 is 4.98 Å². The van der Waals surface area contributed by atoms with Crippen molar-refractivity contribution in [2.45, 2.75) is 6.92 Å². The number of amides is 2. The highest BCUT2D eigenvalue weighted by Crippen LogP contribution is 2.25. The molecule has 0 saturated carbocycles. The first-order valence-electron chi connectivity index (χ1n) is 9.32. The molecular formula is C20H22N5O3+. The summed E-state index contributed by atoms with van der Waals surface area (Å²) in [6, 6.07) is 9.46. The monoisotopic (exact) mass is 380 g/mol. The molecule has 0 radical (unpaired) electrons. The summed E-state index contributed by atoms with van der Waals surface area (Å²) in [6.45, 7) is 4.07. The van der Waals surface area contributed by atoms with Crippen LogP contribution in [0.5, 0.6) is 0 Å². The van der Waals surface area contributed by atoms with Crippen LogP contribution >= 0.6 is 0 Å². The number of hydrogen-bond acceptors (Lipinski definition) is 4. The highest BCUT2D eigenvalue weighted by molar-refractivity contribution is 5.97. The van der Waals surface area contributed by atoms with Crippen molar-refractivity contribution in [2.75, 3.05) is 32.8 Å². The van der Waals surface area contributed by atoms with Crippen molar-refractivity contribution in [3.8, 4) is 11.3 Å². The number of rotatable bonds is 3. The molecule has 1 aliphatic rings. The maximum atomic E-state index is 13.0. The smallest absolute Gasteiger partial charge is 0.409 e. The van der Waals surface area contributed by atoms with E-state index < -0.39 is 0 Å². The second kappa shape index (κ2) is 7.67. The Morgan fingerprint density at radius 3 is 2.75 bits per heavy atom. The second-order valence-electron chi connectivity index (χ2n) is 6.58. The van der Waals surface area contributed by atoms with Crippen LogP contribution in [-0.2, 0) is 4.74 Å². The summed E-state index contributed by atoms with van der Waals surface area (Å²) in [6.07, 6.45) is 3.17. The molecule has 3 aromatic rings. The maximum Gasteiger partial charge on any atom is 0.409 e. The van der Waals surface area contributed by atoms with Gasteiger partial charge in [-0.25, -0.2) is 9.78 Å². The fourth-order valence-electron chi connectivity index (χ4n) is 3.44. The van der Waals surface area contributed by atoms with Gasteiger partial charge >= 0.3 is 6.09 Å². The molecule has 3 heterocycles. The van der Waals surface area contributed by atoms with Crippen LogP contribution in [0.2, 0.25) is 0 Å². The van der Waals surface area contributed by atoms with Gasteiger partial charge < -0.3 is 14.5 Å². The van der Waals surface area contributed by atoms with E-state index in [0.29, 0.717) is 38.3 Å². The van der Waals surface area contributed by atoms with Gasteiger partial charge in [0.1, 0.15) is 0 Å². The van der Waals surface area contributed by atoms with Gasteiger partial charge in [0, 0.05) is 37.3 Å². The first kappa shape index (κ1) is 18.0. The van der Waals surface area contributed by atoms with E-state index in [-0.39, 0.29) is 12.0 Å². The number of H-pyrrole nitrogens is 2. The third-order valence-corrected chi connectivity index (χ3v) is 4.88. The Kier molecular flexibility index (Phi) is 4.92. The molecule has 28 heavy (non-hydrogen) atoms. The molecule has 4 rings (SSSR count). The Balaban J connectivity index is 1.51. The third-order valence-electron chi connectivity index (χ3n) is 4.88. The lowest BCUT2D eigenvalue weighted by atomic mass is 10.0. The molecule has 0 bridgehead atoms. The van der Waals surface area contributed by atoms with Crippen molar-refractivity contribution in [1.82, 2.24) is 19.8 Å². The number of hydrogen-bond donors (Lipinski definition) is 1. The summed E-state index contributed by atoms with van der Waals surface area (Å²) < 4.78 is 5.03. The van der Waals surface area contributed by atoms with E-state index >= 15 is 0 Å². The molecule has 8 nitrogen and oxygen atoms in total. The standard InChI is InChI=1S/C20H21N5O3/c1-2-28-20(27)25-10-8-24(9-11-25)19(26)15-5-3-4-14(12-15)17-16-6-7-21-18(16)23-13-22-17/h3-7,12-13H,2,8-11H2,1H3,(H,21,22,23)/p+1. The van der Waals surface area contributed by atoms with Gasteiger partial charge in [0.15, 0.2) is 5.69 Å². The fourth-order valence-corrected chi connectivity index (χ4v) is 3.44. The Bertz CT molecular complexity index is 1010. The van der Waals surface area contributed by atoms with E-state index in [4.69, 9.17) is 4.74 Å². The van der Waals surface area contributed by atoms with Crippen LogP contribution in [0.1, 0.15) is 17.3 Å². The van der Waals surface area contributed by atoms with E-state index in [1.54, 1.807) is 23.1 Å².